The predicted molar refractivity (Wildman–Crippen MR) is 146 cm³/mol. The van der Waals surface area contributed by atoms with E-state index in [9.17, 15) is 34.8 Å². The molecule has 226 valence electrons. The Kier molecular flexibility index (Phi) is 7.90. The van der Waals surface area contributed by atoms with Crippen LogP contribution in [0.4, 0.5) is 0 Å². The number of phenols is 2. The standard InChI is InChI=1S/C30H35NO11/c1-12(2)40-11-19(32)30(38)9-15-22(18(10-30)42-20-8-16(31)25(33)13(3)41-20)29(37)24-23(27(15)35)26(34)14-6-5-7-17(39-4)21(14)28(24)36/h5-7,12-13,16,18,20,25,33,35,37-38H,8-11,31H2,1-4H3/t13?,16?,18-,20?,25?,30-/m0/s1. The van der Waals surface area contributed by atoms with E-state index in [-0.39, 0.29) is 46.9 Å². The number of hydrogen-bond acceptors (Lipinski definition) is 12. The van der Waals surface area contributed by atoms with Gasteiger partial charge >= 0.3 is 0 Å². The third kappa shape index (κ3) is 4.87. The molecule has 0 amide bonds. The molecule has 2 aromatic rings. The number of methoxy groups -OCH3 is 1. The third-order valence-electron chi connectivity index (χ3n) is 8.21. The molecule has 0 radical (unpaired) electrons. The molecule has 6 atom stereocenters. The average molecular weight is 586 g/mol. The summed E-state index contributed by atoms with van der Waals surface area (Å²) >= 11 is 0. The van der Waals surface area contributed by atoms with Gasteiger partial charge in [0.25, 0.3) is 0 Å². The summed E-state index contributed by atoms with van der Waals surface area (Å²) in [5.41, 5.74) is 2.77. The molecular formula is C30H35NO11. The van der Waals surface area contributed by atoms with Gasteiger partial charge in [-0.1, -0.05) is 12.1 Å². The van der Waals surface area contributed by atoms with Crippen LogP contribution in [0.1, 0.15) is 82.7 Å². The number of aliphatic hydroxyl groups excluding tert-OH is 1. The molecule has 0 spiro atoms. The van der Waals surface area contributed by atoms with Gasteiger partial charge in [-0.3, -0.25) is 14.4 Å². The van der Waals surface area contributed by atoms with Gasteiger partial charge in [-0.15, -0.1) is 0 Å². The number of Topliss-reactive ketones (excluding diaryl/α,β-unsaturated/α-hetero) is 1. The molecule has 1 aliphatic heterocycles. The summed E-state index contributed by atoms with van der Waals surface area (Å²) in [6.07, 6.45) is -5.14. The molecule has 2 aromatic carbocycles. The Morgan fingerprint density at radius 2 is 1.83 bits per heavy atom. The van der Waals surface area contributed by atoms with Crippen LogP contribution in [-0.2, 0) is 25.4 Å². The Morgan fingerprint density at radius 3 is 2.48 bits per heavy atom. The summed E-state index contributed by atoms with van der Waals surface area (Å²) < 4.78 is 22.7. The number of nitrogens with two attached hydrogens (primary N) is 1. The lowest BCUT2D eigenvalue weighted by molar-refractivity contribution is -0.247. The Balaban J connectivity index is 1.66. The van der Waals surface area contributed by atoms with Crippen LogP contribution in [0.5, 0.6) is 17.2 Å². The first-order valence-electron chi connectivity index (χ1n) is 13.8. The first-order chi connectivity index (χ1) is 19.8. The summed E-state index contributed by atoms with van der Waals surface area (Å²) in [5, 5.41) is 45.0. The van der Waals surface area contributed by atoms with E-state index in [1.165, 1.54) is 25.3 Å². The minimum absolute atomic E-state index is 0.0288. The van der Waals surface area contributed by atoms with Crippen molar-refractivity contribution in [3.05, 3.63) is 51.6 Å². The van der Waals surface area contributed by atoms with Crippen LogP contribution in [0, 0.1) is 0 Å². The largest absolute Gasteiger partial charge is 0.507 e. The van der Waals surface area contributed by atoms with Gasteiger partial charge in [0, 0.05) is 42.0 Å². The fourth-order valence-electron chi connectivity index (χ4n) is 5.98. The van der Waals surface area contributed by atoms with E-state index in [2.05, 4.69) is 0 Å². The van der Waals surface area contributed by atoms with Gasteiger partial charge in [0.2, 0.25) is 5.78 Å². The van der Waals surface area contributed by atoms with Gasteiger partial charge in [0.15, 0.2) is 17.9 Å². The van der Waals surface area contributed by atoms with Crippen molar-refractivity contribution in [2.45, 2.75) is 82.4 Å². The number of aromatic hydroxyl groups is 2. The quantitative estimate of drug-likeness (QED) is 0.251. The first kappa shape index (κ1) is 30.1. The third-order valence-corrected chi connectivity index (χ3v) is 8.21. The smallest absolute Gasteiger partial charge is 0.202 e. The van der Waals surface area contributed by atoms with Crippen molar-refractivity contribution in [2.24, 2.45) is 5.73 Å². The summed E-state index contributed by atoms with van der Waals surface area (Å²) in [7, 11) is 1.34. The minimum Gasteiger partial charge on any atom is -0.507 e. The van der Waals surface area contributed by atoms with Gasteiger partial charge in [-0.2, -0.15) is 0 Å². The number of phenolic OH excluding ortho intramolecular Hbond substituents is 2. The maximum atomic E-state index is 13.8. The topological polar surface area (TPSA) is 195 Å². The molecule has 12 nitrogen and oxygen atoms in total. The second kappa shape index (κ2) is 11.0. The number of benzene rings is 2. The number of carbonyl (C=O) groups is 3. The Hall–Kier alpha value is -3.39. The number of carbonyl (C=O) groups excluding carboxylic acids is 3. The highest BCUT2D eigenvalue weighted by Gasteiger charge is 2.50. The Labute approximate surface area is 241 Å². The zero-order valence-electron chi connectivity index (χ0n) is 23.7. The van der Waals surface area contributed by atoms with Crippen molar-refractivity contribution in [2.75, 3.05) is 13.7 Å². The van der Waals surface area contributed by atoms with Crippen molar-refractivity contribution >= 4 is 17.3 Å². The second-order valence-corrected chi connectivity index (χ2v) is 11.4. The van der Waals surface area contributed by atoms with E-state index in [1.54, 1.807) is 20.8 Å². The highest BCUT2D eigenvalue weighted by atomic mass is 16.7. The van der Waals surface area contributed by atoms with Crippen LogP contribution in [0.3, 0.4) is 0 Å². The summed E-state index contributed by atoms with van der Waals surface area (Å²) in [6.45, 7) is 4.62. The van der Waals surface area contributed by atoms with E-state index in [0.29, 0.717) is 0 Å². The number of hydrogen-bond donors (Lipinski definition) is 5. The van der Waals surface area contributed by atoms with Crippen LogP contribution in [0.15, 0.2) is 18.2 Å². The second-order valence-electron chi connectivity index (χ2n) is 11.4. The summed E-state index contributed by atoms with van der Waals surface area (Å²) in [4.78, 5) is 40.7. The molecule has 12 heteroatoms. The summed E-state index contributed by atoms with van der Waals surface area (Å²) in [5.74, 6) is -3.35. The molecule has 2 aliphatic carbocycles. The molecule has 1 fully saturated rings. The van der Waals surface area contributed by atoms with Crippen LogP contribution in [0.2, 0.25) is 0 Å². The average Bonchev–Trinajstić information content (AvgIpc) is 2.94. The number of rotatable bonds is 7. The highest BCUT2D eigenvalue weighted by Crippen LogP contribution is 2.52. The van der Waals surface area contributed by atoms with Crippen molar-refractivity contribution in [3.8, 4) is 17.2 Å². The van der Waals surface area contributed by atoms with Crippen LogP contribution >= 0.6 is 0 Å². The monoisotopic (exact) mass is 585 g/mol. The number of ether oxygens (including phenoxy) is 4. The van der Waals surface area contributed by atoms with E-state index in [0.717, 1.165) is 0 Å². The van der Waals surface area contributed by atoms with E-state index >= 15 is 0 Å². The molecular weight excluding hydrogens is 550 g/mol. The fraction of sp³-hybridized carbons (Fsp3) is 0.500. The first-order valence-corrected chi connectivity index (χ1v) is 13.8. The van der Waals surface area contributed by atoms with Crippen molar-refractivity contribution in [1.82, 2.24) is 0 Å². The van der Waals surface area contributed by atoms with E-state index in [1.807, 2.05) is 0 Å². The molecule has 1 saturated heterocycles. The van der Waals surface area contributed by atoms with Crippen molar-refractivity contribution in [1.29, 1.82) is 0 Å². The molecule has 1 heterocycles. The molecule has 4 unspecified atom stereocenters. The van der Waals surface area contributed by atoms with Gasteiger partial charge in [-0.25, -0.2) is 0 Å². The van der Waals surface area contributed by atoms with Crippen LogP contribution < -0.4 is 10.5 Å². The lowest BCUT2D eigenvalue weighted by atomic mass is 9.72. The molecule has 0 aromatic heterocycles. The van der Waals surface area contributed by atoms with Gasteiger partial charge in [-0.05, 0) is 26.8 Å². The molecule has 0 bridgehead atoms. The van der Waals surface area contributed by atoms with Crippen LogP contribution in [0.25, 0.3) is 0 Å². The molecule has 42 heavy (non-hydrogen) atoms. The molecule has 3 aliphatic rings. The molecule has 0 saturated carbocycles. The molecule has 6 N–H and O–H groups in total. The predicted octanol–water partition coefficient (Wildman–Crippen LogP) is 1.43. The number of fused-ring (bicyclic) bond motifs is 3. The van der Waals surface area contributed by atoms with Gasteiger partial charge in [0.1, 0.15) is 29.5 Å². The lowest BCUT2D eigenvalue weighted by Gasteiger charge is -2.42. The van der Waals surface area contributed by atoms with Crippen molar-refractivity contribution < 1.29 is 53.8 Å². The van der Waals surface area contributed by atoms with Gasteiger partial charge < -0.3 is 45.1 Å². The maximum Gasteiger partial charge on any atom is 0.202 e. The zero-order valence-corrected chi connectivity index (χ0v) is 23.7. The number of aliphatic hydroxyl groups is 2. The maximum absolute atomic E-state index is 13.8. The van der Waals surface area contributed by atoms with Crippen molar-refractivity contribution in [3.63, 3.8) is 0 Å². The molecule has 5 rings (SSSR count). The highest BCUT2D eigenvalue weighted by molar-refractivity contribution is 6.31. The normalized spacial score (nSPS) is 28.7. The van der Waals surface area contributed by atoms with Gasteiger partial charge in [0.05, 0.1) is 48.2 Å². The van der Waals surface area contributed by atoms with E-state index in [4.69, 9.17) is 24.7 Å². The summed E-state index contributed by atoms with van der Waals surface area (Å²) in [6, 6.07) is 3.72. The fourth-order valence-corrected chi connectivity index (χ4v) is 5.98. The number of ketones is 3. The SMILES string of the molecule is COc1cccc2c1C(=O)c1c(O)c3c(c(O)c1C2=O)C[C@@](O)(C(=O)COC(C)C)C[C@@H]3OC1CC(N)C(O)C(C)O1. The Morgan fingerprint density at radius 1 is 1.14 bits per heavy atom. The lowest BCUT2D eigenvalue weighted by Crippen LogP contribution is -2.53. The van der Waals surface area contributed by atoms with Crippen LogP contribution in [-0.4, -0.2) is 87.7 Å². The zero-order chi connectivity index (χ0) is 30.7. The van der Waals surface area contributed by atoms with E-state index < -0.39 is 89.2 Å². The minimum atomic E-state index is -2.13. The Bertz CT molecular complexity index is 1440.